The number of aromatic nitrogens is 2. The quantitative estimate of drug-likeness (QED) is 0.640. The molecule has 1 amide bonds. The SMILES string of the molecule is Cc1cc([N+](=O)[O-])cnc1NCC(=O)Nc1ccccn1. The van der Waals surface area contributed by atoms with Crippen molar-refractivity contribution in [3.8, 4) is 0 Å². The van der Waals surface area contributed by atoms with E-state index in [1.807, 2.05) is 0 Å². The summed E-state index contributed by atoms with van der Waals surface area (Å²) in [5, 5.41) is 16.0. The summed E-state index contributed by atoms with van der Waals surface area (Å²) >= 11 is 0. The van der Waals surface area contributed by atoms with Gasteiger partial charge in [0.15, 0.2) is 0 Å². The molecule has 108 valence electrons. The van der Waals surface area contributed by atoms with Crippen molar-refractivity contribution in [2.75, 3.05) is 17.2 Å². The van der Waals surface area contributed by atoms with E-state index in [0.29, 0.717) is 17.2 Å². The Morgan fingerprint density at radius 3 is 2.81 bits per heavy atom. The molecule has 2 rings (SSSR count). The average molecular weight is 287 g/mol. The Hall–Kier alpha value is -3.03. The third-order valence-corrected chi connectivity index (χ3v) is 2.62. The van der Waals surface area contributed by atoms with E-state index >= 15 is 0 Å². The minimum atomic E-state index is -0.516. The number of nitro groups is 1. The highest BCUT2D eigenvalue weighted by molar-refractivity contribution is 5.92. The van der Waals surface area contributed by atoms with Crippen LogP contribution >= 0.6 is 0 Å². The van der Waals surface area contributed by atoms with E-state index in [1.54, 1.807) is 31.3 Å². The third-order valence-electron chi connectivity index (χ3n) is 2.62. The zero-order chi connectivity index (χ0) is 15.2. The van der Waals surface area contributed by atoms with Crippen LogP contribution in [0, 0.1) is 17.0 Å². The Balaban J connectivity index is 1.94. The molecule has 0 aliphatic carbocycles. The standard InChI is InChI=1S/C13H13N5O3/c1-9-6-10(18(20)21)7-15-13(9)16-8-12(19)17-11-4-2-3-5-14-11/h2-7H,8H2,1H3,(H,15,16)(H,14,17,19). The van der Waals surface area contributed by atoms with Crippen molar-refractivity contribution in [3.63, 3.8) is 0 Å². The maximum Gasteiger partial charge on any atom is 0.287 e. The van der Waals surface area contributed by atoms with Crippen molar-refractivity contribution in [2.24, 2.45) is 0 Å². The van der Waals surface area contributed by atoms with Gasteiger partial charge in [-0.05, 0) is 24.6 Å². The Morgan fingerprint density at radius 1 is 1.38 bits per heavy atom. The third kappa shape index (κ3) is 3.96. The molecule has 0 aliphatic rings. The van der Waals surface area contributed by atoms with Crippen molar-refractivity contribution in [3.05, 3.63) is 52.3 Å². The van der Waals surface area contributed by atoms with Crippen LogP contribution in [0.3, 0.4) is 0 Å². The van der Waals surface area contributed by atoms with Crippen LogP contribution in [-0.4, -0.2) is 27.3 Å². The molecule has 0 atom stereocenters. The molecule has 0 radical (unpaired) electrons. The predicted molar refractivity (Wildman–Crippen MR) is 77.0 cm³/mol. The number of nitrogens with zero attached hydrogens (tertiary/aromatic N) is 3. The summed E-state index contributed by atoms with van der Waals surface area (Å²) in [5.41, 5.74) is 0.505. The number of rotatable bonds is 5. The molecule has 8 heteroatoms. The second kappa shape index (κ2) is 6.42. The fourth-order valence-electron chi connectivity index (χ4n) is 1.63. The lowest BCUT2D eigenvalue weighted by Gasteiger charge is -2.08. The Bertz CT molecular complexity index is 660. The van der Waals surface area contributed by atoms with Crippen LogP contribution in [0.1, 0.15) is 5.56 Å². The molecular weight excluding hydrogens is 274 g/mol. The number of anilines is 2. The zero-order valence-corrected chi connectivity index (χ0v) is 11.2. The average Bonchev–Trinajstić information content (AvgIpc) is 2.47. The molecule has 0 aliphatic heterocycles. The van der Waals surface area contributed by atoms with Crippen LogP contribution in [0.2, 0.25) is 0 Å². The van der Waals surface area contributed by atoms with Crippen LogP contribution < -0.4 is 10.6 Å². The molecule has 8 nitrogen and oxygen atoms in total. The van der Waals surface area contributed by atoms with Crippen LogP contribution in [0.4, 0.5) is 17.3 Å². The Morgan fingerprint density at radius 2 is 2.19 bits per heavy atom. The molecule has 2 N–H and O–H groups in total. The lowest BCUT2D eigenvalue weighted by atomic mass is 10.2. The maximum absolute atomic E-state index is 11.7. The molecule has 2 aromatic rings. The van der Waals surface area contributed by atoms with Gasteiger partial charge >= 0.3 is 0 Å². The second-order valence-electron chi connectivity index (χ2n) is 4.23. The van der Waals surface area contributed by atoms with Gasteiger partial charge in [0.05, 0.1) is 11.5 Å². The van der Waals surface area contributed by atoms with Crippen molar-refractivity contribution in [1.29, 1.82) is 0 Å². The fraction of sp³-hybridized carbons (Fsp3) is 0.154. The first kappa shape index (κ1) is 14.4. The second-order valence-corrected chi connectivity index (χ2v) is 4.23. The van der Waals surface area contributed by atoms with Crippen LogP contribution in [0.5, 0.6) is 0 Å². The molecule has 0 spiro atoms. The number of hydrogen-bond donors (Lipinski definition) is 2. The predicted octanol–water partition coefficient (Wildman–Crippen LogP) is 1.74. The Kier molecular flexibility index (Phi) is 4.39. The first-order valence-corrected chi connectivity index (χ1v) is 6.12. The van der Waals surface area contributed by atoms with Crippen LogP contribution in [0.15, 0.2) is 36.7 Å². The van der Waals surface area contributed by atoms with Crippen molar-refractivity contribution < 1.29 is 9.72 Å². The number of nitrogens with one attached hydrogen (secondary N) is 2. The fourth-order valence-corrected chi connectivity index (χ4v) is 1.63. The van der Waals surface area contributed by atoms with Gasteiger partial charge in [-0.15, -0.1) is 0 Å². The first-order chi connectivity index (χ1) is 10.1. The monoisotopic (exact) mass is 287 g/mol. The minimum absolute atomic E-state index is 0.0117. The van der Waals surface area contributed by atoms with E-state index in [9.17, 15) is 14.9 Å². The zero-order valence-electron chi connectivity index (χ0n) is 11.2. The maximum atomic E-state index is 11.7. The van der Waals surface area contributed by atoms with Crippen molar-refractivity contribution >= 4 is 23.2 Å². The molecule has 0 fully saturated rings. The molecule has 0 saturated heterocycles. The summed E-state index contributed by atoms with van der Waals surface area (Å²) in [6.45, 7) is 1.67. The van der Waals surface area contributed by atoms with E-state index in [0.717, 1.165) is 6.20 Å². The van der Waals surface area contributed by atoms with Gasteiger partial charge in [0.25, 0.3) is 5.69 Å². The highest BCUT2D eigenvalue weighted by atomic mass is 16.6. The summed E-state index contributed by atoms with van der Waals surface area (Å²) in [6.07, 6.45) is 2.72. The molecule has 0 saturated carbocycles. The van der Waals surface area contributed by atoms with Crippen LogP contribution in [0.25, 0.3) is 0 Å². The van der Waals surface area contributed by atoms with E-state index in [-0.39, 0.29) is 18.1 Å². The van der Waals surface area contributed by atoms with Gasteiger partial charge in [-0.3, -0.25) is 14.9 Å². The molecule has 0 bridgehead atoms. The summed E-state index contributed by atoms with van der Waals surface area (Å²) in [4.78, 5) is 29.7. The Labute approximate surface area is 120 Å². The number of aryl methyl sites for hydroxylation is 1. The van der Waals surface area contributed by atoms with Gasteiger partial charge in [0.2, 0.25) is 5.91 Å². The molecule has 2 heterocycles. The molecule has 2 aromatic heterocycles. The van der Waals surface area contributed by atoms with Crippen molar-refractivity contribution in [1.82, 2.24) is 9.97 Å². The first-order valence-electron chi connectivity index (χ1n) is 6.12. The van der Waals surface area contributed by atoms with Gasteiger partial charge in [0.1, 0.15) is 17.8 Å². The van der Waals surface area contributed by atoms with Gasteiger partial charge in [-0.2, -0.15) is 0 Å². The normalized spacial score (nSPS) is 9.95. The number of carbonyl (C=O) groups excluding carboxylic acids is 1. The smallest absolute Gasteiger partial charge is 0.287 e. The van der Waals surface area contributed by atoms with E-state index in [1.165, 1.54) is 6.07 Å². The van der Waals surface area contributed by atoms with Gasteiger partial charge < -0.3 is 10.6 Å². The molecule has 21 heavy (non-hydrogen) atoms. The molecule has 0 unspecified atom stereocenters. The van der Waals surface area contributed by atoms with Gasteiger partial charge in [-0.1, -0.05) is 6.07 Å². The lowest BCUT2D eigenvalue weighted by molar-refractivity contribution is -0.385. The molecular formula is C13H13N5O3. The largest absolute Gasteiger partial charge is 0.361 e. The molecule has 0 aromatic carbocycles. The van der Waals surface area contributed by atoms with Gasteiger partial charge in [0, 0.05) is 12.3 Å². The summed E-state index contributed by atoms with van der Waals surface area (Å²) in [5.74, 6) is 0.600. The van der Waals surface area contributed by atoms with Crippen molar-refractivity contribution in [2.45, 2.75) is 6.92 Å². The van der Waals surface area contributed by atoms with E-state index in [4.69, 9.17) is 0 Å². The van der Waals surface area contributed by atoms with Gasteiger partial charge in [-0.25, -0.2) is 9.97 Å². The lowest BCUT2D eigenvalue weighted by Crippen LogP contribution is -2.22. The van der Waals surface area contributed by atoms with E-state index < -0.39 is 4.92 Å². The highest BCUT2D eigenvalue weighted by Crippen LogP contribution is 2.17. The minimum Gasteiger partial charge on any atom is -0.361 e. The highest BCUT2D eigenvalue weighted by Gasteiger charge is 2.10. The summed E-state index contributed by atoms with van der Waals surface area (Å²) in [7, 11) is 0. The van der Waals surface area contributed by atoms with Crippen LogP contribution in [-0.2, 0) is 4.79 Å². The summed E-state index contributed by atoms with van der Waals surface area (Å²) < 4.78 is 0. The van der Waals surface area contributed by atoms with E-state index in [2.05, 4.69) is 20.6 Å². The number of amides is 1. The number of pyridine rings is 2. The summed E-state index contributed by atoms with van der Waals surface area (Å²) in [6, 6.07) is 6.58. The number of hydrogen-bond acceptors (Lipinski definition) is 6. The number of carbonyl (C=O) groups is 1. The topological polar surface area (TPSA) is 110 Å².